The van der Waals surface area contributed by atoms with Gasteiger partial charge in [0.1, 0.15) is 11.5 Å². The summed E-state index contributed by atoms with van der Waals surface area (Å²) in [5.41, 5.74) is 4.62. The molecule has 3 rings (SSSR count). The van der Waals surface area contributed by atoms with Gasteiger partial charge in [-0.2, -0.15) is 0 Å². The molecule has 0 aliphatic heterocycles. The van der Waals surface area contributed by atoms with Gasteiger partial charge in [-0.1, -0.05) is 39.0 Å². The van der Waals surface area contributed by atoms with Gasteiger partial charge in [0.25, 0.3) is 0 Å². The fraction of sp³-hybridized carbons (Fsp3) is 0.368. The minimum atomic E-state index is -0.143. The first-order valence-corrected chi connectivity index (χ1v) is 7.39. The molecule has 0 bridgehead atoms. The van der Waals surface area contributed by atoms with Crippen LogP contribution in [-0.4, -0.2) is 10.2 Å². The SMILES string of the molecule is Cc1c(O)ccc2c1C(C)(c1ccc(O)cc1)CC2(C)C. The zero-order valence-corrected chi connectivity index (χ0v) is 13.1. The molecule has 0 heterocycles. The zero-order valence-electron chi connectivity index (χ0n) is 13.1. The second-order valence-corrected chi connectivity index (χ2v) is 7.07. The molecule has 110 valence electrons. The maximum atomic E-state index is 10.1. The minimum Gasteiger partial charge on any atom is -0.508 e. The average molecular weight is 282 g/mol. The number of hydrogen-bond acceptors (Lipinski definition) is 2. The summed E-state index contributed by atoms with van der Waals surface area (Å²) in [6.45, 7) is 8.75. The van der Waals surface area contributed by atoms with Crippen molar-refractivity contribution in [3.05, 3.63) is 58.7 Å². The van der Waals surface area contributed by atoms with Crippen LogP contribution in [0, 0.1) is 6.92 Å². The number of benzene rings is 2. The van der Waals surface area contributed by atoms with Crippen molar-refractivity contribution >= 4 is 0 Å². The van der Waals surface area contributed by atoms with E-state index in [1.807, 2.05) is 19.1 Å². The molecule has 1 atom stereocenters. The second-order valence-electron chi connectivity index (χ2n) is 7.07. The molecular weight excluding hydrogens is 260 g/mol. The van der Waals surface area contributed by atoms with Crippen LogP contribution in [0.15, 0.2) is 36.4 Å². The molecule has 2 aromatic carbocycles. The third kappa shape index (κ3) is 1.93. The van der Waals surface area contributed by atoms with E-state index in [2.05, 4.69) is 26.8 Å². The molecule has 0 radical (unpaired) electrons. The van der Waals surface area contributed by atoms with Gasteiger partial charge in [0.05, 0.1) is 0 Å². The minimum absolute atomic E-state index is 0.0699. The van der Waals surface area contributed by atoms with Crippen molar-refractivity contribution in [2.45, 2.75) is 44.9 Å². The molecular formula is C19H22O2. The Kier molecular flexibility index (Phi) is 2.84. The fourth-order valence-corrected chi connectivity index (χ4v) is 4.12. The highest BCUT2D eigenvalue weighted by molar-refractivity contribution is 5.58. The lowest BCUT2D eigenvalue weighted by Gasteiger charge is -2.29. The molecule has 0 spiro atoms. The Morgan fingerprint density at radius 2 is 1.52 bits per heavy atom. The van der Waals surface area contributed by atoms with Crippen LogP contribution < -0.4 is 0 Å². The summed E-state index contributed by atoms with van der Waals surface area (Å²) in [6, 6.07) is 11.3. The lowest BCUT2D eigenvalue weighted by Crippen LogP contribution is -2.23. The van der Waals surface area contributed by atoms with Gasteiger partial charge in [0.2, 0.25) is 0 Å². The van der Waals surface area contributed by atoms with Gasteiger partial charge in [-0.05, 0) is 59.2 Å². The number of aromatic hydroxyl groups is 2. The Morgan fingerprint density at radius 3 is 2.14 bits per heavy atom. The van der Waals surface area contributed by atoms with E-state index in [1.165, 1.54) is 16.7 Å². The molecule has 1 aliphatic rings. The number of rotatable bonds is 1. The third-order valence-electron chi connectivity index (χ3n) is 5.02. The van der Waals surface area contributed by atoms with Gasteiger partial charge >= 0.3 is 0 Å². The van der Waals surface area contributed by atoms with Crippen molar-refractivity contribution in [3.8, 4) is 11.5 Å². The van der Waals surface area contributed by atoms with Gasteiger partial charge in [0.15, 0.2) is 0 Å². The van der Waals surface area contributed by atoms with E-state index < -0.39 is 0 Å². The quantitative estimate of drug-likeness (QED) is 0.814. The van der Waals surface area contributed by atoms with Crippen LogP contribution in [0.1, 0.15) is 49.4 Å². The van der Waals surface area contributed by atoms with Crippen molar-refractivity contribution in [1.82, 2.24) is 0 Å². The van der Waals surface area contributed by atoms with E-state index >= 15 is 0 Å². The first kappa shape index (κ1) is 14.0. The molecule has 2 nitrogen and oxygen atoms in total. The summed E-state index contributed by atoms with van der Waals surface area (Å²) in [5, 5.41) is 19.7. The Labute approximate surface area is 126 Å². The summed E-state index contributed by atoms with van der Waals surface area (Å²) in [5.74, 6) is 0.643. The van der Waals surface area contributed by atoms with E-state index in [1.54, 1.807) is 18.2 Å². The van der Waals surface area contributed by atoms with Crippen molar-refractivity contribution in [2.24, 2.45) is 0 Å². The highest BCUT2D eigenvalue weighted by Gasteiger charge is 2.46. The fourth-order valence-electron chi connectivity index (χ4n) is 4.12. The molecule has 2 aromatic rings. The lowest BCUT2D eigenvalue weighted by molar-refractivity contribution is 0.422. The van der Waals surface area contributed by atoms with Crippen molar-refractivity contribution in [3.63, 3.8) is 0 Å². The van der Waals surface area contributed by atoms with Gasteiger partial charge in [-0.3, -0.25) is 0 Å². The van der Waals surface area contributed by atoms with Crippen molar-refractivity contribution in [1.29, 1.82) is 0 Å². The zero-order chi connectivity index (χ0) is 15.4. The molecule has 21 heavy (non-hydrogen) atoms. The summed E-state index contributed by atoms with van der Waals surface area (Å²) in [6.07, 6.45) is 0.990. The van der Waals surface area contributed by atoms with Gasteiger partial charge < -0.3 is 10.2 Å². The molecule has 0 saturated heterocycles. The molecule has 0 amide bonds. The predicted molar refractivity (Wildman–Crippen MR) is 85.0 cm³/mol. The number of hydrogen-bond donors (Lipinski definition) is 2. The van der Waals surface area contributed by atoms with Crippen LogP contribution in [0.5, 0.6) is 11.5 Å². The van der Waals surface area contributed by atoms with Crippen LogP contribution in [0.25, 0.3) is 0 Å². The van der Waals surface area contributed by atoms with Crippen LogP contribution in [-0.2, 0) is 10.8 Å². The van der Waals surface area contributed by atoms with E-state index in [9.17, 15) is 10.2 Å². The predicted octanol–water partition coefficient (Wildman–Crippen LogP) is 4.39. The first-order valence-electron chi connectivity index (χ1n) is 7.39. The highest BCUT2D eigenvalue weighted by atomic mass is 16.3. The molecule has 0 saturated carbocycles. The molecule has 1 unspecified atom stereocenters. The first-order chi connectivity index (χ1) is 9.75. The van der Waals surface area contributed by atoms with Crippen LogP contribution in [0.4, 0.5) is 0 Å². The molecule has 0 fully saturated rings. The summed E-state index contributed by atoms with van der Waals surface area (Å²) >= 11 is 0. The van der Waals surface area contributed by atoms with Gasteiger partial charge in [0, 0.05) is 5.41 Å². The Balaban J connectivity index is 2.28. The maximum Gasteiger partial charge on any atom is 0.118 e. The summed E-state index contributed by atoms with van der Waals surface area (Å²) < 4.78 is 0. The molecule has 2 N–H and O–H groups in total. The van der Waals surface area contributed by atoms with Crippen molar-refractivity contribution in [2.75, 3.05) is 0 Å². The van der Waals surface area contributed by atoms with E-state index in [0.717, 1.165) is 12.0 Å². The van der Waals surface area contributed by atoms with Crippen LogP contribution >= 0.6 is 0 Å². The normalized spacial score (nSPS) is 23.0. The van der Waals surface area contributed by atoms with E-state index in [4.69, 9.17) is 0 Å². The third-order valence-corrected chi connectivity index (χ3v) is 5.02. The Bertz CT molecular complexity index is 698. The second kappa shape index (κ2) is 4.27. The molecule has 1 aliphatic carbocycles. The maximum absolute atomic E-state index is 10.1. The molecule has 0 aromatic heterocycles. The lowest BCUT2D eigenvalue weighted by atomic mass is 9.74. The van der Waals surface area contributed by atoms with Gasteiger partial charge in [-0.15, -0.1) is 0 Å². The standard InChI is InChI=1S/C19H22O2/c1-12-16(21)10-9-15-17(12)19(4,11-18(15,2)3)13-5-7-14(20)8-6-13/h5-10,20-21H,11H2,1-4H3. The monoisotopic (exact) mass is 282 g/mol. The summed E-state index contributed by atoms with van der Waals surface area (Å²) in [4.78, 5) is 0. The van der Waals surface area contributed by atoms with E-state index in [-0.39, 0.29) is 16.6 Å². The van der Waals surface area contributed by atoms with Crippen molar-refractivity contribution < 1.29 is 10.2 Å². The number of fused-ring (bicyclic) bond motifs is 1. The molecule has 2 heteroatoms. The summed E-state index contributed by atoms with van der Waals surface area (Å²) in [7, 11) is 0. The Morgan fingerprint density at radius 1 is 0.905 bits per heavy atom. The van der Waals surface area contributed by atoms with Gasteiger partial charge in [-0.25, -0.2) is 0 Å². The topological polar surface area (TPSA) is 40.5 Å². The highest BCUT2D eigenvalue weighted by Crippen LogP contribution is 2.55. The number of phenols is 2. The van der Waals surface area contributed by atoms with Crippen LogP contribution in [0.2, 0.25) is 0 Å². The largest absolute Gasteiger partial charge is 0.508 e. The average Bonchev–Trinajstić information content (AvgIpc) is 2.62. The van der Waals surface area contributed by atoms with Crippen LogP contribution in [0.3, 0.4) is 0 Å². The van der Waals surface area contributed by atoms with E-state index in [0.29, 0.717) is 5.75 Å². The number of phenolic OH excluding ortho intramolecular Hbond substituents is 2. The smallest absolute Gasteiger partial charge is 0.118 e. The Hall–Kier alpha value is -1.96.